The number of benzene rings is 1. The van der Waals surface area contributed by atoms with Crippen LogP contribution in [0, 0.1) is 0 Å². The van der Waals surface area contributed by atoms with E-state index in [9.17, 15) is 8.42 Å². The van der Waals surface area contributed by atoms with Crippen LogP contribution < -0.4 is 0 Å². The number of halogens is 1. The third-order valence-electron chi connectivity index (χ3n) is 2.44. The van der Waals surface area contributed by atoms with E-state index in [0.29, 0.717) is 11.4 Å². The van der Waals surface area contributed by atoms with E-state index in [4.69, 9.17) is 0 Å². The average Bonchev–Trinajstić information content (AvgIpc) is 2.15. The lowest BCUT2D eigenvalue weighted by Gasteiger charge is -2.16. The number of nitrogens with zero attached hydrogens (tertiary/aromatic N) is 1. The zero-order valence-corrected chi connectivity index (χ0v) is 13.0. The summed E-state index contributed by atoms with van der Waals surface area (Å²) >= 11 is 3.38. The van der Waals surface area contributed by atoms with Crippen LogP contribution >= 0.6 is 15.9 Å². The van der Waals surface area contributed by atoms with Crippen LogP contribution in [0.1, 0.15) is 19.4 Å². The van der Waals surface area contributed by atoms with E-state index < -0.39 is 15.1 Å². The molecule has 0 unspecified atom stereocenters. The maximum Gasteiger partial charge on any atom is 0.181 e. The molecule has 1 rings (SSSR count). The summed E-state index contributed by atoms with van der Waals surface area (Å²) in [6.07, 6.45) is 0. The molecular formula is C12H18BrNO2S. The minimum absolute atomic E-state index is 0.399. The lowest BCUT2D eigenvalue weighted by atomic mass is 10.2. The van der Waals surface area contributed by atoms with Crippen molar-refractivity contribution in [1.29, 1.82) is 0 Å². The first kappa shape index (κ1) is 14.7. The van der Waals surface area contributed by atoms with Gasteiger partial charge >= 0.3 is 0 Å². The van der Waals surface area contributed by atoms with Gasteiger partial charge in [-0.15, -0.1) is 0 Å². The lowest BCUT2D eigenvalue weighted by molar-refractivity contribution is 0.398. The van der Waals surface area contributed by atoms with E-state index in [1.165, 1.54) is 0 Å². The van der Waals surface area contributed by atoms with E-state index >= 15 is 0 Å². The highest BCUT2D eigenvalue weighted by Gasteiger charge is 2.22. The summed E-state index contributed by atoms with van der Waals surface area (Å²) in [4.78, 5) is 2.39. The third-order valence-corrected chi connectivity index (χ3v) is 5.18. The Hall–Kier alpha value is -0.390. The summed E-state index contributed by atoms with van der Waals surface area (Å²) in [5.74, 6) is 0. The van der Waals surface area contributed by atoms with Crippen LogP contribution in [0.3, 0.4) is 0 Å². The molecule has 5 heteroatoms. The second kappa shape index (κ2) is 5.50. The molecule has 0 amide bonds. The summed E-state index contributed by atoms with van der Waals surface area (Å²) in [5.41, 5.74) is 0.832. The molecule has 0 aliphatic carbocycles. The van der Waals surface area contributed by atoms with Crippen molar-refractivity contribution in [3.8, 4) is 0 Å². The second-order valence-electron chi connectivity index (χ2n) is 4.58. The normalized spacial score (nSPS) is 12.4. The van der Waals surface area contributed by atoms with E-state index in [-0.39, 0.29) is 0 Å². The largest absolute Gasteiger partial charge is 0.305 e. The lowest BCUT2D eigenvalue weighted by Crippen LogP contribution is -2.19. The highest BCUT2D eigenvalue weighted by molar-refractivity contribution is 9.10. The molecule has 0 saturated heterocycles. The smallest absolute Gasteiger partial charge is 0.181 e. The standard InChI is InChI=1S/C12H18BrNO2S/c1-9(2)17(15,16)12-6-5-11(13)7-10(12)8-14(3)4/h5-7,9H,8H2,1-4H3. The Morgan fingerprint density at radius 1 is 1.29 bits per heavy atom. The van der Waals surface area contributed by atoms with Crippen LogP contribution in [0.5, 0.6) is 0 Å². The van der Waals surface area contributed by atoms with Gasteiger partial charge in [0.05, 0.1) is 10.1 Å². The zero-order valence-electron chi connectivity index (χ0n) is 10.6. The molecule has 0 atom stereocenters. The SMILES string of the molecule is CC(C)S(=O)(=O)c1ccc(Br)cc1CN(C)C. The third kappa shape index (κ3) is 3.53. The van der Waals surface area contributed by atoms with Crippen molar-refractivity contribution in [1.82, 2.24) is 4.90 Å². The highest BCUT2D eigenvalue weighted by atomic mass is 79.9. The summed E-state index contributed by atoms with van der Waals surface area (Å²) in [7, 11) is 0.629. The van der Waals surface area contributed by atoms with Crippen molar-refractivity contribution in [2.24, 2.45) is 0 Å². The monoisotopic (exact) mass is 319 g/mol. The number of hydrogen-bond acceptors (Lipinski definition) is 3. The predicted molar refractivity (Wildman–Crippen MR) is 73.9 cm³/mol. The van der Waals surface area contributed by atoms with Crippen LogP contribution in [0.4, 0.5) is 0 Å². The van der Waals surface area contributed by atoms with E-state index in [1.807, 2.05) is 25.1 Å². The zero-order chi connectivity index (χ0) is 13.2. The first-order valence-corrected chi connectivity index (χ1v) is 7.76. The van der Waals surface area contributed by atoms with Crippen molar-refractivity contribution in [3.63, 3.8) is 0 Å². The number of hydrogen-bond donors (Lipinski definition) is 0. The fourth-order valence-electron chi connectivity index (χ4n) is 1.54. The molecule has 17 heavy (non-hydrogen) atoms. The molecule has 0 saturated carbocycles. The van der Waals surface area contributed by atoms with Crippen LogP contribution in [0.15, 0.2) is 27.6 Å². The fourth-order valence-corrected chi connectivity index (χ4v) is 3.21. The Morgan fingerprint density at radius 2 is 1.88 bits per heavy atom. The van der Waals surface area contributed by atoms with Crippen LogP contribution in [-0.4, -0.2) is 32.7 Å². The van der Waals surface area contributed by atoms with Gasteiger partial charge in [0.25, 0.3) is 0 Å². The van der Waals surface area contributed by atoms with Gasteiger partial charge in [-0.3, -0.25) is 0 Å². The summed E-state index contributed by atoms with van der Waals surface area (Å²) in [5, 5.41) is -0.399. The average molecular weight is 320 g/mol. The van der Waals surface area contributed by atoms with Gasteiger partial charge in [-0.25, -0.2) is 8.42 Å². The number of rotatable bonds is 4. The van der Waals surface area contributed by atoms with Gasteiger partial charge in [0.1, 0.15) is 0 Å². The van der Waals surface area contributed by atoms with Crippen LogP contribution in [-0.2, 0) is 16.4 Å². The Bertz CT molecular complexity index is 495. The molecule has 0 radical (unpaired) electrons. The molecule has 1 aromatic carbocycles. The minimum Gasteiger partial charge on any atom is -0.305 e. The molecule has 0 heterocycles. The Labute approximate surface area is 112 Å². The molecule has 0 aliphatic heterocycles. The quantitative estimate of drug-likeness (QED) is 0.856. The van der Waals surface area contributed by atoms with Crippen molar-refractivity contribution >= 4 is 25.8 Å². The van der Waals surface area contributed by atoms with Gasteiger partial charge < -0.3 is 4.90 Å². The molecular weight excluding hydrogens is 302 g/mol. The highest BCUT2D eigenvalue weighted by Crippen LogP contribution is 2.25. The minimum atomic E-state index is -3.22. The molecule has 0 fully saturated rings. The maximum atomic E-state index is 12.2. The fraction of sp³-hybridized carbons (Fsp3) is 0.500. The first-order valence-electron chi connectivity index (χ1n) is 5.42. The van der Waals surface area contributed by atoms with Crippen molar-refractivity contribution in [3.05, 3.63) is 28.2 Å². The topological polar surface area (TPSA) is 37.4 Å². The Morgan fingerprint density at radius 3 is 2.35 bits per heavy atom. The number of sulfone groups is 1. The van der Waals surface area contributed by atoms with E-state index in [1.54, 1.807) is 26.0 Å². The molecule has 3 nitrogen and oxygen atoms in total. The summed E-state index contributed by atoms with van der Waals surface area (Å²) < 4.78 is 25.3. The summed E-state index contributed by atoms with van der Waals surface area (Å²) in [6, 6.07) is 5.32. The first-order chi connectivity index (χ1) is 7.75. The van der Waals surface area contributed by atoms with Gasteiger partial charge in [-0.1, -0.05) is 15.9 Å². The van der Waals surface area contributed by atoms with Gasteiger partial charge in [0.2, 0.25) is 0 Å². The van der Waals surface area contributed by atoms with Gasteiger partial charge in [0, 0.05) is 11.0 Å². The molecule has 1 aromatic rings. The molecule has 0 spiro atoms. The Kier molecular flexibility index (Phi) is 4.75. The molecule has 0 bridgehead atoms. The molecule has 96 valence electrons. The van der Waals surface area contributed by atoms with Gasteiger partial charge in [-0.05, 0) is 51.7 Å². The van der Waals surface area contributed by atoms with E-state index in [2.05, 4.69) is 15.9 Å². The predicted octanol–water partition coefficient (Wildman–Crippen LogP) is 2.69. The van der Waals surface area contributed by atoms with Crippen molar-refractivity contribution in [2.45, 2.75) is 30.5 Å². The second-order valence-corrected chi connectivity index (χ2v) is 7.97. The van der Waals surface area contributed by atoms with Crippen LogP contribution in [0.2, 0.25) is 0 Å². The van der Waals surface area contributed by atoms with Crippen LogP contribution in [0.25, 0.3) is 0 Å². The molecule has 0 N–H and O–H groups in total. The Balaban J connectivity index is 3.33. The maximum absolute atomic E-state index is 12.2. The molecule has 0 aromatic heterocycles. The van der Waals surface area contributed by atoms with Crippen molar-refractivity contribution in [2.75, 3.05) is 14.1 Å². The van der Waals surface area contributed by atoms with Gasteiger partial charge in [0.15, 0.2) is 9.84 Å². The van der Waals surface area contributed by atoms with Gasteiger partial charge in [-0.2, -0.15) is 0 Å². The molecule has 0 aliphatic rings. The van der Waals surface area contributed by atoms with Crippen molar-refractivity contribution < 1.29 is 8.42 Å². The summed E-state index contributed by atoms with van der Waals surface area (Å²) in [6.45, 7) is 4.02. The van der Waals surface area contributed by atoms with E-state index in [0.717, 1.165) is 10.0 Å².